The van der Waals surface area contributed by atoms with Gasteiger partial charge in [0.2, 0.25) is 0 Å². The van der Waals surface area contributed by atoms with Gasteiger partial charge in [0.1, 0.15) is 5.69 Å². The monoisotopic (exact) mass is 310 g/mol. The van der Waals surface area contributed by atoms with Gasteiger partial charge >= 0.3 is 0 Å². The maximum absolute atomic E-state index is 11.9. The third-order valence-corrected chi connectivity index (χ3v) is 4.44. The number of nitrogens with zero attached hydrogens (tertiary/aromatic N) is 5. The van der Waals surface area contributed by atoms with Crippen LogP contribution in [0.3, 0.4) is 0 Å². The highest BCUT2D eigenvalue weighted by atomic mass is 16.1. The van der Waals surface area contributed by atoms with Gasteiger partial charge in [-0.1, -0.05) is 0 Å². The first-order valence-corrected chi connectivity index (χ1v) is 7.94. The van der Waals surface area contributed by atoms with Gasteiger partial charge in [0, 0.05) is 37.9 Å². The van der Waals surface area contributed by atoms with E-state index in [1.807, 2.05) is 0 Å². The molecule has 0 atom stereocenters. The Morgan fingerprint density at radius 2 is 2.17 bits per heavy atom. The number of carbonyl (C=O) groups excluding carboxylic acids is 1. The van der Waals surface area contributed by atoms with Crippen LogP contribution in [0.5, 0.6) is 0 Å². The molecule has 2 aromatic heterocycles. The molecule has 23 heavy (non-hydrogen) atoms. The van der Waals surface area contributed by atoms with Crippen molar-refractivity contribution in [2.45, 2.75) is 19.3 Å². The predicted molar refractivity (Wildman–Crippen MR) is 84.1 cm³/mol. The average molecular weight is 310 g/mol. The van der Waals surface area contributed by atoms with Crippen LogP contribution in [-0.2, 0) is 12.8 Å². The summed E-state index contributed by atoms with van der Waals surface area (Å²) in [4.78, 5) is 22.0. The highest BCUT2D eigenvalue weighted by molar-refractivity contribution is 5.91. The quantitative estimate of drug-likeness (QED) is 0.891. The summed E-state index contributed by atoms with van der Waals surface area (Å²) >= 11 is 0. The molecule has 7 nitrogen and oxygen atoms in total. The van der Waals surface area contributed by atoms with Crippen LogP contribution in [0.4, 0.5) is 5.82 Å². The number of rotatable bonds is 4. The van der Waals surface area contributed by atoms with Crippen LogP contribution < -0.4 is 10.2 Å². The minimum atomic E-state index is -0.172. The summed E-state index contributed by atoms with van der Waals surface area (Å²) in [6.45, 7) is 2.44. The van der Waals surface area contributed by atoms with Crippen LogP contribution in [0, 0.1) is 5.92 Å². The van der Waals surface area contributed by atoms with E-state index in [9.17, 15) is 4.79 Å². The molecule has 4 rings (SSSR count). The summed E-state index contributed by atoms with van der Waals surface area (Å²) < 4.78 is 0. The van der Waals surface area contributed by atoms with Crippen LogP contribution in [0.1, 0.15) is 28.2 Å². The Balaban J connectivity index is 1.28. The fourth-order valence-corrected chi connectivity index (χ4v) is 3.10. The normalized spacial score (nSPS) is 16.8. The Morgan fingerprint density at radius 3 is 3.00 bits per heavy atom. The largest absolute Gasteiger partial charge is 0.354 e. The SMILES string of the molecule is O=C(NCC1CN(c2cc3c(nn2)CCC3)C1)c1cnccn1. The molecule has 2 aliphatic rings. The van der Waals surface area contributed by atoms with Gasteiger partial charge in [-0.3, -0.25) is 9.78 Å². The standard InChI is InChI=1S/C16H18N6O/c23-16(14-8-17-4-5-18-14)19-7-11-9-22(10-11)15-6-12-2-1-3-13(12)20-21-15/h4-6,8,11H,1-3,7,9-10H2,(H,19,23). The molecule has 0 bridgehead atoms. The lowest BCUT2D eigenvalue weighted by atomic mass is 10.00. The Kier molecular flexibility index (Phi) is 3.61. The van der Waals surface area contributed by atoms with Gasteiger partial charge in [0.15, 0.2) is 5.82 Å². The number of aromatic nitrogens is 4. The van der Waals surface area contributed by atoms with E-state index in [0.29, 0.717) is 18.2 Å². The molecule has 0 aromatic carbocycles. The van der Waals surface area contributed by atoms with E-state index < -0.39 is 0 Å². The molecule has 0 saturated carbocycles. The van der Waals surface area contributed by atoms with Crippen molar-refractivity contribution in [3.63, 3.8) is 0 Å². The van der Waals surface area contributed by atoms with Gasteiger partial charge < -0.3 is 10.2 Å². The van der Waals surface area contributed by atoms with Gasteiger partial charge in [-0.25, -0.2) is 4.98 Å². The predicted octanol–water partition coefficient (Wildman–Crippen LogP) is 0.621. The van der Waals surface area contributed by atoms with Crippen molar-refractivity contribution in [2.24, 2.45) is 5.92 Å². The van der Waals surface area contributed by atoms with Crippen LogP contribution in [-0.4, -0.2) is 45.7 Å². The maximum atomic E-state index is 11.9. The molecule has 1 amide bonds. The number of hydrogen-bond donors (Lipinski definition) is 1. The van der Waals surface area contributed by atoms with E-state index >= 15 is 0 Å². The van der Waals surface area contributed by atoms with Crippen LogP contribution in [0.2, 0.25) is 0 Å². The Labute approximate surface area is 134 Å². The summed E-state index contributed by atoms with van der Waals surface area (Å²) in [7, 11) is 0. The number of anilines is 1. The molecule has 1 N–H and O–H groups in total. The number of hydrogen-bond acceptors (Lipinski definition) is 6. The smallest absolute Gasteiger partial charge is 0.271 e. The number of amides is 1. The van der Waals surface area contributed by atoms with E-state index in [4.69, 9.17) is 0 Å². The molecule has 1 aliphatic carbocycles. The lowest BCUT2D eigenvalue weighted by molar-refractivity contribution is 0.0939. The molecule has 3 heterocycles. The Hall–Kier alpha value is -2.57. The lowest BCUT2D eigenvalue weighted by Crippen LogP contribution is -2.52. The summed E-state index contributed by atoms with van der Waals surface area (Å²) in [5.41, 5.74) is 2.85. The molecule has 1 aliphatic heterocycles. The van der Waals surface area contributed by atoms with Crippen molar-refractivity contribution in [3.05, 3.63) is 41.6 Å². The molecule has 0 spiro atoms. The zero-order valence-corrected chi connectivity index (χ0v) is 12.8. The number of aryl methyl sites for hydroxylation is 2. The summed E-state index contributed by atoms with van der Waals surface area (Å²) in [6.07, 6.45) is 7.90. The minimum absolute atomic E-state index is 0.172. The first-order chi connectivity index (χ1) is 11.3. The third kappa shape index (κ3) is 2.86. The van der Waals surface area contributed by atoms with Gasteiger partial charge in [-0.05, 0) is 30.9 Å². The van der Waals surface area contributed by atoms with E-state index in [0.717, 1.165) is 37.4 Å². The molecule has 7 heteroatoms. The molecule has 118 valence electrons. The second-order valence-corrected chi connectivity index (χ2v) is 6.10. The lowest BCUT2D eigenvalue weighted by Gasteiger charge is -2.40. The van der Waals surface area contributed by atoms with Crippen molar-refractivity contribution in [1.82, 2.24) is 25.5 Å². The van der Waals surface area contributed by atoms with Gasteiger partial charge in [0.25, 0.3) is 5.91 Å². The van der Waals surface area contributed by atoms with Gasteiger partial charge in [-0.2, -0.15) is 5.10 Å². The zero-order valence-electron chi connectivity index (χ0n) is 12.8. The number of carbonyl (C=O) groups is 1. The molecule has 0 unspecified atom stereocenters. The second-order valence-electron chi connectivity index (χ2n) is 6.10. The molecule has 0 radical (unpaired) electrons. The fourth-order valence-electron chi connectivity index (χ4n) is 3.10. The number of nitrogens with one attached hydrogen (secondary N) is 1. The van der Waals surface area contributed by atoms with Gasteiger partial charge in [0.05, 0.1) is 11.9 Å². The van der Waals surface area contributed by atoms with Crippen molar-refractivity contribution in [2.75, 3.05) is 24.5 Å². The first kappa shape index (κ1) is 14.0. The molecular formula is C16H18N6O. The molecule has 2 aromatic rings. The Morgan fingerprint density at radius 1 is 1.26 bits per heavy atom. The van der Waals surface area contributed by atoms with Crippen molar-refractivity contribution in [3.8, 4) is 0 Å². The molecule has 1 saturated heterocycles. The van der Waals surface area contributed by atoms with E-state index in [-0.39, 0.29) is 5.91 Å². The summed E-state index contributed by atoms with van der Waals surface area (Å²) in [6, 6.07) is 2.17. The van der Waals surface area contributed by atoms with E-state index in [1.165, 1.54) is 24.4 Å². The topological polar surface area (TPSA) is 83.9 Å². The summed E-state index contributed by atoms with van der Waals surface area (Å²) in [5.74, 6) is 1.22. The van der Waals surface area contributed by atoms with E-state index in [1.54, 1.807) is 6.20 Å². The zero-order chi connectivity index (χ0) is 15.6. The number of fused-ring (bicyclic) bond motifs is 1. The molecular weight excluding hydrogens is 292 g/mol. The Bertz CT molecular complexity index is 714. The second kappa shape index (κ2) is 5.91. The van der Waals surface area contributed by atoms with E-state index in [2.05, 4.69) is 36.4 Å². The van der Waals surface area contributed by atoms with Crippen molar-refractivity contribution < 1.29 is 4.79 Å². The summed E-state index contributed by atoms with van der Waals surface area (Å²) in [5, 5.41) is 11.6. The van der Waals surface area contributed by atoms with Crippen LogP contribution >= 0.6 is 0 Å². The fraction of sp³-hybridized carbons (Fsp3) is 0.438. The highest BCUT2D eigenvalue weighted by Crippen LogP contribution is 2.26. The van der Waals surface area contributed by atoms with Crippen LogP contribution in [0.15, 0.2) is 24.7 Å². The van der Waals surface area contributed by atoms with Crippen molar-refractivity contribution >= 4 is 11.7 Å². The first-order valence-electron chi connectivity index (χ1n) is 7.94. The minimum Gasteiger partial charge on any atom is -0.354 e. The highest BCUT2D eigenvalue weighted by Gasteiger charge is 2.29. The maximum Gasteiger partial charge on any atom is 0.271 e. The van der Waals surface area contributed by atoms with Crippen molar-refractivity contribution in [1.29, 1.82) is 0 Å². The molecule has 1 fully saturated rings. The van der Waals surface area contributed by atoms with Crippen LogP contribution in [0.25, 0.3) is 0 Å². The average Bonchev–Trinajstić information content (AvgIpc) is 3.01. The van der Waals surface area contributed by atoms with Gasteiger partial charge in [-0.15, -0.1) is 5.10 Å². The third-order valence-electron chi connectivity index (χ3n) is 4.44.